The number of hydrogen-bond acceptors (Lipinski definition) is 6. The Balaban J connectivity index is 1.71. The first-order chi connectivity index (χ1) is 15.6. The molecule has 8 heteroatoms. The molecule has 3 heterocycles. The molecule has 0 fully saturated rings. The first-order valence-corrected chi connectivity index (χ1v) is 10.9. The van der Waals surface area contributed by atoms with E-state index in [1.165, 1.54) is 4.68 Å². The summed E-state index contributed by atoms with van der Waals surface area (Å²) >= 11 is 0. The van der Waals surface area contributed by atoms with E-state index in [4.69, 9.17) is 9.97 Å². The Labute approximate surface area is 185 Å². The van der Waals surface area contributed by atoms with E-state index in [-0.39, 0.29) is 17.2 Å². The van der Waals surface area contributed by atoms with Crippen LogP contribution < -0.4 is 15.4 Å². The van der Waals surface area contributed by atoms with Crippen molar-refractivity contribution in [2.75, 3.05) is 29.9 Å². The van der Waals surface area contributed by atoms with E-state index in [1.54, 1.807) is 17.0 Å². The zero-order chi connectivity index (χ0) is 22.2. The average molecular weight is 428 g/mol. The lowest BCUT2D eigenvalue weighted by atomic mass is 10.1. The molecule has 0 atom stereocenters. The Hall–Kier alpha value is -3.81. The highest BCUT2D eigenvalue weighted by Crippen LogP contribution is 2.31. The van der Waals surface area contributed by atoms with Crippen LogP contribution in [-0.2, 0) is 6.54 Å². The van der Waals surface area contributed by atoms with Crippen molar-refractivity contribution in [1.82, 2.24) is 19.7 Å². The standard InChI is InChI=1S/C24H24N6O2/c1-3-13-30-23(31)17-10-5-4-9-16(17)20(27-30)24(32)29-15-8-14-28(2)21-22(29)26-19-12-7-6-11-18(19)25-21/h4-7,9-12H,3,8,13-15H2,1-2H3. The minimum Gasteiger partial charge on any atom is -0.357 e. The lowest BCUT2D eigenvalue weighted by molar-refractivity contribution is 0.0981. The number of para-hydroxylation sites is 2. The van der Waals surface area contributed by atoms with Crippen LogP contribution in [0.2, 0.25) is 0 Å². The third-order valence-corrected chi connectivity index (χ3v) is 5.78. The molecule has 0 saturated carbocycles. The number of aromatic nitrogens is 4. The van der Waals surface area contributed by atoms with Crippen LogP contribution >= 0.6 is 0 Å². The second-order valence-corrected chi connectivity index (χ2v) is 8.01. The van der Waals surface area contributed by atoms with Crippen molar-refractivity contribution in [2.24, 2.45) is 0 Å². The molecular weight excluding hydrogens is 404 g/mol. The molecular formula is C24H24N6O2. The van der Waals surface area contributed by atoms with Crippen LogP contribution in [0.4, 0.5) is 11.6 Å². The highest BCUT2D eigenvalue weighted by molar-refractivity contribution is 6.13. The van der Waals surface area contributed by atoms with Gasteiger partial charge in [0.15, 0.2) is 17.3 Å². The van der Waals surface area contributed by atoms with Gasteiger partial charge < -0.3 is 4.90 Å². The first kappa shape index (κ1) is 20.1. The molecule has 1 aliphatic rings. The summed E-state index contributed by atoms with van der Waals surface area (Å²) in [5, 5.41) is 5.56. The Bertz CT molecular complexity index is 1400. The second kappa shape index (κ2) is 8.03. The van der Waals surface area contributed by atoms with E-state index >= 15 is 0 Å². The van der Waals surface area contributed by atoms with Crippen LogP contribution in [0, 0.1) is 0 Å². The van der Waals surface area contributed by atoms with Crippen molar-refractivity contribution < 1.29 is 4.79 Å². The molecule has 8 nitrogen and oxygen atoms in total. The molecule has 0 N–H and O–H groups in total. The second-order valence-electron chi connectivity index (χ2n) is 8.01. The summed E-state index contributed by atoms with van der Waals surface area (Å²) in [7, 11) is 1.96. The van der Waals surface area contributed by atoms with Gasteiger partial charge in [0.1, 0.15) is 0 Å². The fourth-order valence-corrected chi connectivity index (χ4v) is 4.18. The number of nitrogens with zero attached hydrogens (tertiary/aromatic N) is 6. The molecule has 0 radical (unpaired) electrons. The summed E-state index contributed by atoms with van der Waals surface area (Å²) in [5.74, 6) is 0.917. The lowest BCUT2D eigenvalue weighted by Crippen LogP contribution is -2.35. The minimum absolute atomic E-state index is 0.180. The number of anilines is 2. The van der Waals surface area contributed by atoms with Gasteiger partial charge in [0.05, 0.1) is 16.4 Å². The quantitative estimate of drug-likeness (QED) is 0.498. The van der Waals surface area contributed by atoms with E-state index in [9.17, 15) is 9.59 Å². The summed E-state index contributed by atoms with van der Waals surface area (Å²) in [4.78, 5) is 40.1. The predicted molar refractivity (Wildman–Crippen MR) is 125 cm³/mol. The van der Waals surface area contributed by atoms with E-state index in [1.807, 2.05) is 55.3 Å². The van der Waals surface area contributed by atoms with Gasteiger partial charge in [-0.3, -0.25) is 14.5 Å². The van der Waals surface area contributed by atoms with Gasteiger partial charge in [-0.1, -0.05) is 37.3 Å². The van der Waals surface area contributed by atoms with E-state index in [2.05, 4.69) is 5.10 Å². The molecule has 32 heavy (non-hydrogen) atoms. The van der Waals surface area contributed by atoms with E-state index < -0.39 is 0 Å². The van der Waals surface area contributed by atoms with Crippen molar-refractivity contribution in [2.45, 2.75) is 26.3 Å². The monoisotopic (exact) mass is 428 g/mol. The maximum absolute atomic E-state index is 13.9. The van der Waals surface area contributed by atoms with E-state index in [0.717, 1.165) is 30.4 Å². The van der Waals surface area contributed by atoms with Gasteiger partial charge >= 0.3 is 0 Å². The molecule has 0 spiro atoms. The summed E-state index contributed by atoms with van der Waals surface area (Å²) < 4.78 is 1.40. The van der Waals surface area contributed by atoms with Gasteiger partial charge in [0.25, 0.3) is 11.5 Å². The third-order valence-electron chi connectivity index (χ3n) is 5.78. The lowest BCUT2D eigenvalue weighted by Gasteiger charge is -2.23. The predicted octanol–water partition coefficient (Wildman–Crippen LogP) is 3.24. The van der Waals surface area contributed by atoms with Gasteiger partial charge in [0.2, 0.25) is 0 Å². The zero-order valence-corrected chi connectivity index (χ0v) is 18.2. The topological polar surface area (TPSA) is 84.2 Å². The van der Waals surface area contributed by atoms with Crippen LogP contribution in [-0.4, -0.2) is 45.8 Å². The normalized spacial score (nSPS) is 13.9. The number of carbonyl (C=O) groups excluding carboxylic acids is 1. The van der Waals surface area contributed by atoms with E-state index in [0.29, 0.717) is 35.5 Å². The summed E-state index contributed by atoms with van der Waals surface area (Å²) in [5.41, 5.74) is 1.60. The minimum atomic E-state index is -0.271. The van der Waals surface area contributed by atoms with Crippen LogP contribution in [0.25, 0.3) is 21.8 Å². The molecule has 4 aromatic rings. The molecule has 0 saturated heterocycles. The van der Waals surface area contributed by atoms with Crippen molar-refractivity contribution >= 4 is 39.3 Å². The molecule has 2 aromatic heterocycles. The Morgan fingerprint density at radius 3 is 2.31 bits per heavy atom. The summed E-state index contributed by atoms with van der Waals surface area (Å²) in [6.45, 7) is 3.68. The van der Waals surface area contributed by atoms with Gasteiger partial charge in [-0.25, -0.2) is 14.6 Å². The van der Waals surface area contributed by atoms with Crippen molar-refractivity contribution in [1.29, 1.82) is 0 Å². The highest BCUT2D eigenvalue weighted by atomic mass is 16.2. The fourth-order valence-electron chi connectivity index (χ4n) is 4.18. The SMILES string of the molecule is CCCn1nc(C(=O)N2CCCN(C)c3nc4ccccc4nc32)c2ccccc2c1=O. The number of carbonyl (C=O) groups is 1. The maximum Gasteiger partial charge on any atom is 0.280 e. The number of fused-ring (bicyclic) bond motifs is 3. The smallest absolute Gasteiger partial charge is 0.280 e. The van der Waals surface area contributed by atoms with Gasteiger partial charge in [0, 0.05) is 32.1 Å². The van der Waals surface area contributed by atoms with Gasteiger partial charge in [-0.05, 0) is 31.0 Å². The molecule has 0 aliphatic carbocycles. The molecule has 5 rings (SSSR count). The maximum atomic E-state index is 13.9. The number of benzene rings is 2. The van der Waals surface area contributed by atoms with Gasteiger partial charge in [-0.15, -0.1) is 0 Å². The fraction of sp³-hybridized carbons (Fsp3) is 0.292. The molecule has 1 amide bonds. The number of rotatable bonds is 3. The third kappa shape index (κ3) is 3.28. The van der Waals surface area contributed by atoms with Crippen LogP contribution in [0.5, 0.6) is 0 Å². The number of aryl methyl sites for hydroxylation is 1. The van der Waals surface area contributed by atoms with Crippen molar-refractivity contribution in [3.8, 4) is 0 Å². The molecule has 0 bridgehead atoms. The van der Waals surface area contributed by atoms with Crippen molar-refractivity contribution in [3.05, 3.63) is 64.6 Å². The van der Waals surface area contributed by atoms with Crippen LogP contribution in [0.1, 0.15) is 30.3 Å². The average Bonchev–Trinajstić information content (AvgIpc) is 2.97. The number of amides is 1. The molecule has 2 aromatic carbocycles. The summed E-state index contributed by atoms with van der Waals surface area (Å²) in [6, 6.07) is 14.8. The molecule has 0 unspecified atom stereocenters. The largest absolute Gasteiger partial charge is 0.357 e. The Morgan fingerprint density at radius 2 is 1.59 bits per heavy atom. The zero-order valence-electron chi connectivity index (χ0n) is 18.2. The van der Waals surface area contributed by atoms with Gasteiger partial charge in [-0.2, -0.15) is 5.10 Å². The Morgan fingerprint density at radius 1 is 0.938 bits per heavy atom. The number of hydrogen-bond donors (Lipinski definition) is 0. The molecule has 1 aliphatic heterocycles. The van der Waals surface area contributed by atoms with Crippen molar-refractivity contribution in [3.63, 3.8) is 0 Å². The Kier molecular flexibility index (Phi) is 5.05. The first-order valence-electron chi connectivity index (χ1n) is 10.9. The van der Waals surface area contributed by atoms with Crippen LogP contribution in [0.15, 0.2) is 53.3 Å². The summed E-state index contributed by atoms with van der Waals surface area (Å²) in [6.07, 6.45) is 1.51. The highest BCUT2D eigenvalue weighted by Gasteiger charge is 2.30. The molecule has 162 valence electrons. The van der Waals surface area contributed by atoms with Crippen LogP contribution in [0.3, 0.4) is 0 Å².